The van der Waals surface area contributed by atoms with E-state index < -0.39 is 0 Å². The second-order valence-corrected chi connectivity index (χ2v) is 3.48. The highest BCUT2D eigenvalue weighted by molar-refractivity contribution is 4.59. The van der Waals surface area contributed by atoms with Gasteiger partial charge in [0, 0.05) is 19.6 Å². The van der Waals surface area contributed by atoms with Crippen molar-refractivity contribution in [2.75, 3.05) is 32.8 Å². The van der Waals surface area contributed by atoms with Crippen molar-refractivity contribution >= 4 is 0 Å². The summed E-state index contributed by atoms with van der Waals surface area (Å²) in [5.74, 6) is 0.600. The lowest BCUT2D eigenvalue weighted by Crippen LogP contribution is -2.31. The van der Waals surface area contributed by atoms with E-state index in [2.05, 4.69) is 18.7 Å². The van der Waals surface area contributed by atoms with E-state index in [1.54, 1.807) is 0 Å². The summed E-state index contributed by atoms with van der Waals surface area (Å²) in [6.07, 6.45) is 0.687. The van der Waals surface area contributed by atoms with Crippen LogP contribution in [0, 0.1) is 5.92 Å². The molecule has 3 nitrogen and oxygen atoms in total. The summed E-state index contributed by atoms with van der Waals surface area (Å²) in [5.41, 5.74) is 0. The smallest absolute Gasteiger partial charge is 0.0834 e. The number of hydrogen-bond donors (Lipinski definition) is 1. The predicted octanol–water partition coefficient (Wildman–Crippen LogP) is 0.757. The molecule has 0 aliphatic carbocycles. The molecule has 0 amide bonds. The first-order chi connectivity index (χ1) is 5.70. The van der Waals surface area contributed by atoms with Gasteiger partial charge in [-0.25, -0.2) is 5.11 Å². The molecule has 1 N–H and O–H groups in total. The highest BCUT2D eigenvalue weighted by Gasteiger charge is 2.05. The first-order valence-corrected chi connectivity index (χ1v) is 4.62. The Morgan fingerprint density at radius 2 is 2.00 bits per heavy atom. The van der Waals surface area contributed by atoms with Gasteiger partial charge in [-0.1, -0.05) is 13.8 Å². The molecule has 0 aliphatic heterocycles. The maximum atomic E-state index is 10.2. The van der Waals surface area contributed by atoms with Crippen LogP contribution in [-0.4, -0.2) is 42.9 Å². The molecule has 0 fully saturated rings. The molecule has 0 atom stereocenters. The van der Waals surface area contributed by atoms with E-state index in [-0.39, 0.29) is 13.2 Å². The Balaban J connectivity index is 3.54. The monoisotopic (exact) mass is 174 g/mol. The second kappa shape index (κ2) is 7.53. The number of aliphatic hydroxyl groups is 1. The van der Waals surface area contributed by atoms with Gasteiger partial charge in [0.2, 0.25) is 0 Å². The average Bonchev–Trinajstić information content (AvgIpc) is 2.00. The first kappa shape index (κ1) is 11.9. The van der Waals surface area contributed by atoms with Crippen molar-refractivity contribution in [1.29, 1.82) is 0 Å². The first-order valence-electron chi connectivity index (χ1n) is 4.62. The van der Waals surface area contributed by atoms with Gasteiger partial charge >= 0.3 is 0 Å². The van der Waals surface area contributed by atoms with Crippen molar-refractivity contribution in [3.63, 3.8) is 0 Å². The summed E-state index contributed by atoms with van der Waals surface area (Å²) >= 11 is 0. The van der Waals surface area contributed by atoms with Gasteiger partial charge in [0.25, 0.3) is 0 Å². The minimum atomic E-state index is -0.0139. The molecule has 0 aliphatic rings. The summed E-state index contributed by atoms with van der Waals surface area (Å²) in [4.78, 5) is 2.14. The van der Waals surface area contributed by atoms with Gasteiger partial charge in [-0.05, 0) is 12.3 Å². The maximum absolute atomic E-state index is 10.2. The third-order valence-corrected chi connectivity index (χ3v) is 1.66. The Kier molecular flexibility index (Phi) is 7.45. The van der Waals surface area contributed by atoms with E-state index in [0.717, 1.165) is 13.1 Å². The van der Waals surface area contributed by atoms with Crippen molar-refractivity contribution in [2.45, 2.75) is 20.3 Å². The minimum absolute atomic E-state index is 0.0139. The number of rotatable bonds is 7. The van der Waals surface area contributed by atoms with E-state index >= 15 is 0 Å². The largest absolute Gasteiger partial charge is 0.395 e. The van der Waals surface area contributed by atoms with Crippen LogP contribution < -0.4 is 0 Å². The fraction of sp³-hybridized carbons (Fsp3) is 1.00. The van der Waals surface area contributed by atoms with Crippen LogP contribution in [0.25, 0.3) is 0 Å². The topological polar surface area (TPSA) is 43.4 Å². The molecule has 3 heteroatoms. The van der Waals surface area contributed by atoms with Crippen LogP contribution in [0.15, 0.2) is 0 Å². The minimum Gasteiger partial charge on any atom is -0.395 e. The van der Waals surface area contributed by atoms with Crippen molar-refractivity contribution < 1.29 is 10.2 Å². The summed E-state index contributed by atoms with van der Waals surface area (Å²) in [7, 11) is 0. The molecule has 1 radical (unpaired) electrons. The zero-order valence-electron chi connectivity index (χ0n) is 8.12. The maximum Gasteiger partial charge on any atom is 0.0834 e. The fourth-order valence-corrected chi connectivity index (χ4v) is 1.24. The Bertz CT molecular complexity index is 96.5. The summed E-state index contributed by atoms with van der Waals surface area (Å²) < 4.78 is 0. The number of aliphatic hydroxyl groups excluding tert-OH is 1. The molecule has 0 bridgehead atoms. The van der Waals surface area contributed by atoms with Crippen LogP contribution in [0.1, 0.15) is 20.3 Å². The zero-order chi connectivity index (χ0) is 9.40. The normalized spacial score (nSPS) is 11.5. The van der Waals surface area contributed by atoms with Gasteiger partial charge in [-0.3, -0.25) is 0 Å². The fourth-order valence-electron chi connectivity index (χ4n) is 1.24. The van der Waals surface area contributed by atoms with Crippen molar-refractivity contribution in [3.8, 4) is 0 Å². The van der Waals surface area contributed by atoms with Crippen LogP contribution in [0.2, 0.25) is 0 Å². The van der Waals surface area contributed by atoms with E-state index in [9.17, 15) is 5.11 Å². The van der Waals surface area contributed by atoms with Gasteiger partial charge in [0.1, 0.15) is 0 Å². The summed E-state index contributed by atoms with van der Waals surface area (Å²) in [6.45, 7) is 6.94. The standard InChI is InChI=1S/C9H20NO2/c1-9(2)8-10(5-7-12)4-3-6-11/h9,12H,3-8H2,1-2H3. The van der Waals surface area contributed by atoms with Gasteiger partial charge in [0.15, 0.2) is 0 Å². The SMILES string of the molecule is CC(C)CN(CCO)CCC[O]. The van der Waals surface area contributed by atoms with Crippen LogP contribution >= 0.6 is 0 Å². The Morgan fingerprint density at radius 1 is 1.33 bits per heavy atom. The van der Waals surface area contributed by atoms with Gasteiger partial charge in [-0.2, -0.15) is 0 Å². The van der Waals surface area contributed by atoms with Crippen LogP contribution in [0.4, 0.5) is 0 Å². The van der Waals surface area contributed by atoms with Crippen molar-refractivity contribution in [2.24, 2.45) is 5.92 Å². The van der Waals surface area contributed by atoms with Gasteiger partial charge in [-0.15, -0.1) is 0 Å². The third-order valence-electron chi connectivity index (χ3n) is 1.66. The molecule has 0 saturated heterocycles. The van der Waals surface area contributed by atoms with Crippen molar-refractivity contribution in [1.82, 2.24) is 4.90 Å². The van der Waals surface area contributed by atoms with Crippen molar-refractivity contribution in [3.05, 3.63) is 0 Å². The molecular weight excluding hydrogens is 154 g/mol. The number of hydrogen-bond acceptors (Lipinski definition) is 2. The molecular formula is C9H20NO2. The highest BCUT2D eigenvalue weighted by atomic mass is 16.3. The molecule has 12 heavy (non-hydrogen) atoms. The second-order valence-electron chi connectivity index (χ2n) is 3.48. The Hall–Kier alpha value is -0.120. The van der Waals surface area contributed by atoms with E-state index in [1.807, 2.05) is 0 Å². The molecule has 0 aromatic rings. The van der Waals surface area contributed by atoms with Crippen LogP contribution in [0.5, 0.6) is 0 Å². The molecule has 0 rings (SSSR count). The summed E-state index contributed by atoms with van der Waals surface area (Å²) in [5, 5.41) is 19.0. The lowest BCUT2D eigenvalue weighted by Gasteiger charge is -2.22. The third kappa shape index (κ3) is 6.58. The molecule has 0 heterocycles. The molecule has 0 spiro atoms. The Morgan fingerprint density at radius 3 is 2.42 bits per heavy atom. The molecule has 0 unspecified atom stereocenters. The van der Waals surface area contributed by atoms with Crippen LogP contribution in [0.3, 0.4) is 0 Å². The van der Waals surface area contributed by atoms with E-state index in [0.29, 0.717) is 18.9 Å². The van der Waals surface area contributed by atoms with Gasteiger partial charge in [0.05, 0.1) is 13.2 Å². The lowest BCUT2D eigenvalue weighted by atomic mass is 10.2. The quantitative estimate of drug-likeness (QED) is 0.619. The summed E-state index contributed by atoms with van der Waals surface area (Å²) in [6, 6.07) is 0. The van der Waals surface area contributed by atoms with Crippen LogP contribution in [-0.2, 0) is 5.11 Å². The highest BCUT2D eigenvalue weighted by Crippen LogP contribution is 1.98. The van der Waals surface area contributed by atoms with Gasteiger partial charge < -0.3 is 10.0 Å². The molecule has 73 valence electrons. The molecule has 0 saturated carbocycles. The lowest BCUT2D eigenvalue weighted by molar-refractivity contribution is 0.143. The van der Waals surface area contributed by atoms with E-state index in [4.69, 9.17) is 5.11 Å². The number of nitrogens with zero attached hydrogens (tertiary/aromatic N) is 1. The molecule has 0 aromatic carbocycles. The molecule has 0 aromatic heterocycles. The Labute approximate surface area is 75.0 Å². The average molecular weight is 174 g/mol. The zero-order valence-corrected chi connectivity index (χ0v) is 8.12. The van der Waals surface area contributed by atoms with E-state index in [1.165, 1.54) is 0 Å². The predicted molar refractivity (Wildman–Crippen MR) is 48.5 cm³/mol.